The number of hydrogen-bond acceptors (Lipinski definition) is 2. The molecule has 1 aromatic rings. The summed E-state index contributed by atoms with van der Waals surface area (Å²) >= 11 is 0. The van der Waals surface area contributed by atoms with E-state index in [0.29, 0.717) is 6.04 Å². The van der Waals surface area contributed by atoms with Gasteiger partial charge in [-0.2, -0.15) is 0 Å². The second-order valence-electron chi connectivity index (χ2n) is 8.14. The van der Waals surface area contributed by atoms with Gasteiger partial charge in [-0.05, 0) is 51.5 Å². The van der Waals surface area contributed by atoms with E-state index in [1.54, 1.807) is 0 Å². The quantitative estimate of drug-likeness (QED) is 0.627. The molecule has 4 heteroatoms. The first-order valence-electron chi connectivity index (χ1n) is 10.4. The van der Waals surface area contributed by atoms with E-state index in [-0.39, 0.29) is 0 Å². The van der Waals surface area contributed by atoms with Gasteiger partial charge in [0.25, 0.3) is 0 Å². The molecule has 0 bridgehead atoms. The predicted molar refractivity (Wildman–Crippen MR) is 111 cm³/mol. The molecule has 2 fully saturated rings. The number of rotatable bonds is 5. The number of benzene rings is 1. The van der Waals surface area contributed by atoms with Gasteiger partial charge < -0.3 is 15.5 Å². The molecule has 0 amide bonds. The Labute approximate surface area is 159 Å². The van der Waals surface area contributed by atoms with E-state index < -0.39 is 0 Å². The van der Waals surface area contributed by atoms with Crippen LogP contribution in [0.2, 0.25) is 0 Å². The van der Waals surface area contributed by atoms with E-state index >= 15 is 0 Å². The zero-order valence-corrected chi connectivity index (χ0v) is 16.9. The molecule has 1 saturated heterocycles. The van der Waals surface area contributed by atoms with Gasteiger partial charge in [-0.3, -0.25) is 4.99 Å². The lowest BCUT2D eigenvalue weighted by Gasteiger charge is -2.36. The van der Waals surface area contributed by atoms with Crippen molar-refractivity contribution in [3.05, 3.63) is 34.9 Å². The van der Waals surface area contributed by atoms with Crippen molar-refractivity contribution >= 4 is 5.96 Å². The van der Waals surface area contributed by atoms with Gasteiger partial charge in [0.15, 0.2) is 5.96 Å². The molecule has 0 radical (unpaired) electrons. The molecule has 0 spiro atoms. The Morgan fingerprint density at radius 3 is 2.31 bits per heavy atom. The molecule has 2 aliphatic rings. The molecule has 26 heavy (non-hydrogen) atoms. The standard InChI is InChI=1S/C22H36N4/c1-17-14-18(2)16-19(15-17)8-11-24-22(23-3)25-20-9-12-26(13-10-20)21-6-4-5-7-21/h14-16,20-21H,4-13H2,1-3H3,(H2,23,24,25). The fraction of sp³-hybridized carbons (Fsp3) is 0.682. The van der Waals surface area contributed by atoms with Crippen molar-refractivity contribution in [2.45, 2.75) is 70.9 Å². The van der Waals surface area contributed by atoms with Crippen LogP contribution in [0.4, 0.5) is 0 Å². The highest BCUT2D eigenvalue weighted by molar-refractivity contribution is 5.79. The zero-order chi connectivity index (χ0) is 18.4. The summed E-state index contributed by atoms with van der Waals surface area (Å²) in [5.74, 6) is 0.952. The van der Waals surface area contributed by atoms with Crippen molar-refractivity contribution in [1.29, 1.82) is 0 Å². The van der Waals surface area contributed by atoms with Crippen molar-refractivity contribution in [3.63, 3.8) is 0 Å². The van der Waals surface area contributed by atoms with Crippen molar-refractivity contribution in [3.8, 4) is 0 Å². The van der Waals surface area contributed by atoms with Gasteiger partial charge in [-0.1, -0.05) is 42.2 Å². The van der Waals surface area contributed by atoms with Crippen LogP contribution in [-0.2, 0) is 6.42 Å². The van der Waals surface area contributed by atoms with E-state index in [9.17, 15) is 0 Å². The van der Waals surface area contributed by atoms with Gasteiger partial charge in [0, 0.05) is 38.8 Å². The summed E-state index contributed by atoms with van der Waals surface area (Å²) in [7, 11) is 1.87. The summed E-state index contributed by atoms with van der Waals surface area (Å²) in [6.45, 7) is 7.73. The van der Waals surface area contributed by atoms with Gasteiger partial charge in [-0.25, -0.2) is 0 Å². The molecule has 1 saturated carbocycles. The first-order valence-corrected chi connectivity index (χ1v) is 10.4. The van der Waals surface area contributed by atoms with E-state index in [2.05, 4.69) is 52.6 Å². The third kappa shape index (κ3) is 5.47. The smallest absolute Gasteiger partial charge is 0.191 e. The topological polar surface area (TPSA) is 39.7 Å². The number of hydrogen-bond donors (Lipinski definition) is 2. The maximum atomic E-state index is 4.43. The maximum Gasteiger partial charge on any atom is 0.191 e. The molecule has 1 aliphatic carbocycles. The summed E-state index contributed by atoms with van der Waals surface area (Å²) < 4.78 is 0. The largest absolute Gasteiger partial charge is 0.356 e. The molecule has 144 valence electrons. The van der Waals surface area contributed by atoms with Crippen LogP contribution in [0.15, 0.2) is 23.2 Å². The lowest BCUT2D eigenvalue weighted by Crippen LogP contribution is -2.50. The van der Waals surface area contributed by atoms with Gasteiger partial charge in [-0.15, -0.1) is 0 Å². The molecule has 0 atom stereocenters. The van der Waals surface area contributed by atoms with Crippen LogP contribution in [0.25, 0.3) is 0 Å². The van der Waals surface area contributed by atoms with E-state index in [1.165, 1.54) is 68.3 Å². The van der Waals surface area contributed by atoms with Gasteiger partial charge in [0.2, 0.25) is 0 Å². The molecule has 1 heterocycles. The number of nitrogens with one attached hydrogen (secondary N) is 2. The lowest BCUT2D eigenvalue weighted by atomic mass is 10.0. The molecule has 1 aromatic carbocycles. The number of nitrogens with zero attached hydrogens (tertiary/aromatic N) is 2. The first-order chi connectivity index (χ1) is 12.6. The summed E-state index contributed by atoms with van der Waals surface area (Å²) in [6.07, 6.45) is 9.19. The van der Waals surface area contributed by atoms with Crippen molar-refractivity contribution in [2.75, 3.05) is 26.7 Å². The highest BCUT2D eigenvalue weighted by Crippen LogP contribution is 2.26. The molecule has 4 nitrogen and oxygen atoms in total. The minimum atomic E-state index is 0.556. The van der Waals surface area contributed by atoms with Crippen molar-refractivity contribution in [2.24, 2.45) is 4.99 Å². The fourth-order valence-electron chi connectivity index (χ4n) is 4.60. The fourth-order valence-corrected chi connectivity index (χ4v) is 4.60. The second-order valence-corrected chi connectivity index (χ2v) is 8.14. The van der Waals surface area contributed by atoms with E-state index in [1.807, 2.05) is 7.05 Å². The van der Waals surface area contributed by atoms with Gasteiger partial charge in [0.05, 0.1) is 0 Å². The van der Waals surface area contributed by atoms with Gasteiger partial charge >= 0.3 is 0 Å². The number of piperidine rings is 1. The SMILES string of the molecule is CN=C(NCCc1cc(C)cc(C)c1)NC1CCN(C2CCCC2)CC1. The highest BCUT2D eigenvalue weighted by atomic mass is 15.2. The summed E-state index contributed by atoms with van der Waals surface area (Å²) in [5, 5.41) is 7.13. The van der Waals surface area contributed by atoms with Crippen molar-refractivity contribution < 1.29 is 0 Å². The second kappa shape index (κ2) is 9.40. The Bertz CT molecular complexity index is 576. The molecule has 0 unspecified atom stereocenters. The predicted octanol–water partition coefficient (Wildman–Crippen LogP) is 3.42. The minimum Gasteiger partial charge on any atom is -0.356 e. The summed E-state index contributed by atoms with van der Waals surface area (Å²) in [6, 6.07) is 8.22. The molecule has 1 aliphatic heterocycles. The van der Waals surface area contributed by atoms with Crippen LogP contribution in [0, 0.1) is 13.8 Å². The monoisotopic (exact) mass is 356 g/mol. The summed E-state index contributed by atoms with van der Waals surface area (Å²) in [4.78, 5) is 7.15. The van der Waals surface area contributed by atoms with E-state index in [0.717, 1.165) is 25.0 Å². The molecule has 0 aromatic heterocycles. The number of guanidine groups is 1. The van der Waals surface area contributed by atoms with Gasteiger partial charge in [0.1, 0.15) is 0 Å². The van der Waals surface area contributed by atoms with Crippen LogP contribution in [0.1, 0.15) is 55.2 Å². The highest BCUT2D eigenvalue weighted by Gasteiger charge is 2.27. The molecule has 2 N–H and O–H groups in total. The summed E-state index contributed by atoms with van der Waals surface area (Å²) in [5.41, 5.74) is 4.09. The van der Waals surface area contributed by atoms with E-state index in [4.69, 9.17) is 0 Å². The van der Waals surface area contributed by atoms with Crippen molar-refractivity contribution in [1.82, 2.24) is 15.5 Å². The van der Waals surface area contributed by atoms with Crippen LogP contribution < -0.4 is 10.6 Å². The normalized spacial score (nSPS) is 20.5. The Morgan fingerprint density at radius 1 is 1.04 bits per heavy atom. The molecular weight excluding hydrogens is 320 g/mol. The number of likely N-dealkylation sites (tertiary alicyclic amines) is 1. The van der Waals surface area contributed by atoms with Crippen LogP contribution >= 0.6 is 0 Å². The minimum absolute atomic E-state index is 0.556. The third-order valence-corrected chi connectivity index (χ3v) is 5.92. The van der Waals surface area contributed by atoms with Crippen LogP contribution in [0.3, 0.4) is 0 Å². The average Bonchev–Trinajstić information content (AvgIpc) is 3.15. The third-order valence-electron chi connectivity index (χ3n) is 5.92. The Hall–Kier alpha value is -1.55. The average molecular weight is 357 g/mol. The maximum absolute atomic E-state index is 4.43. The van der Waals surface area contributed by atoms with Crippen LogP contribution in [-0.4, -0.2) is 49.6 Å². The molecular formula is C22H36N4. The zero-order valence-electron chi connectivity index (χ0n) is 16.9. The molecule has 3 rings (SSSR count). The Kier molecular flexibility index (Phi) is 6.95. The lowest BCUT2D eigenvalue weighted by molar-refractivity contribution is 0.150. The Balaban J connectivity index is 1.39. The van der Waals surface area contributed by atoms with Crippen LogP contribution in [0.5, 0.6) is 0 Å². The Morgan fingerprint density at radius 2 is 1.69 bits per heavy atom. The number of aryl methyl sites for hydroxylation is 2. The number of aliphatic imine (C=N–C) groups is 1. The first kappa shape index (κ1) is 19.2.